The summed E-state index contributed by atoms with van der Waals surface area (Å²) in [5, 5.41) is 3.91. The summed E-state index contributed by atoms with van der Waals surface area (Å²) in [6.07, 6.45) is 5.20. The van der Waals surface area contributed by atoms with E-state index in [1.807, 2.05) is 36.5 Å². The lowest BCUT2D eigenvalue weighted by Gasteiger charge is -2.18. The summed E-state index contributed by atoms with van der Waals surface area (Å²) in [6, 6.07) is 12.2. The Kier molecular flexibility index (Phi) is 3.08. The number of hydrogen-bond donors (Lipinski definition) is 0. The molecule has 2 atom stereocenters. The highest BCUT2D eigenvalue weighted by atomic mass is 32.2. The minimum Gasteiger partial charge on any atom is -0.615 e. The molecule has 4 heteroatoms. The van der Waals surface area contributed by atoms with Crippen LogP contribution < -0.4 is 0 Å². The van der Waals surface area contributed by atoms with Crippen LogP contribution in [0.15, 0.2) is 42.7 Å². The monoisotopic (exact) mass is 219 g/mol. The lowest BCUT2D eigenvalue weighted by molar-refractivity contribution is 0.556. The van der Waals surface area contributed by atoms with Crippen LogP contribution in [0, 0.1) is 6.07 Å². The van der Waals surface area contributed by atoms with Gasteiger partial charge in [0.2, 0.25) is 5.37 Å². The Morgan fingerprint density at radius 2 is 2.20 bits per heavy atom. The number of benzene rings is 1. The van der Waals surface area contributed by atoms with Gasteiger partial charge in [-0.25, -0.2) is 4.68 Å². The van der Waals surface area contributed by atoms with Gasteiger partial charge in [0.1, 0.15) is 0 Å². The van der Waals surface area contributed by atoms with Gasteiger partial charge >= 0.3 is 0 Å². The molecule has 0 N–H and O–H groups in total. The third-order valence-corrected chi connectivity index (χ3v) is 3.23. The van der Waals surface area contributed by atoms with Gasteiger partial charge in [0.25, 0.3) is 0 Å². The van der Waals surface area contributed by atoms with E-state index in [1.54, 1.807) is 17.1 Å². The van der Waals surface area contributed by atoms with Gasteiger partial charge in [-0.2, -0.15) is 5.10 Å². The van der Waals surface area contributed by atoms with E-state index in [0.717, 1.165) is 5.56 Å². The summed E-state index contributed by atoms with van der Waals surface area (Å²) in [4.78, 5) is 0. The molecule has 0 fully saturated rings. The van der Waals surface area contributed by atoms with Crippen LogP contribution in [0.1, 0.15) is 10.9 Å². The highest BCUT2D eigenvalue weighted by Gasteiger charge is 2.22. The van der Waals surface area contributed by atoms with Gasteiger partial charge in [-0.3, -0.25) is 0 Å². The van der Waals surface area contributed by atoms with Crippen molar-refractivity contribution >= 4 is 11.2 Å². The molecule has 0 saturated heterocycles. The molecule has 0 spiro atoms. The Hall–Kier alpha value is -1.26. The smallest absolute Gasteiger partial charge is 0.232 e. The fourth-order valence-corrected chi connectivity index (χ4v) is 2.45. The van der Waals surface area contributed by atoms with Crippen LogP contribution in [-0.2, 0) is 11.2 Å². The molecule has 0 aliphatic rings. The van der Waals surface area contributed by atoms with Crippen molar-refractivity contribution in [1.82, 2.24) is 9.78 Å². The lowest BCUT2D eigenvalue weighted by atomic mass is 10.2. The zero-order valence-corrected chi connectivity index (χ0v) is 9.15. The molecule has 77 valence electrons. The van der Waals surface area contributed by atoms with Crippen LogP contribution in [-0.4, -0.2) is 20.6 Å². The molecule has 1 aromatic carbocycles. The second kappa shape index (κ2) is 4.51. The van der Waals surface area contributed by atoms with E-state index < -0.39 is 11.2 Å². The summed E-state index contributed by atoms with van der Waals surface area (Å²) in [7, 11) is 0. The lowest BCUT2D eigenvalue weighted by Crippen LogP contribution is -2.20. The summed E-state index contributed by atoms with van der Waals surface area (Å²) in [6.45, 7) is 0. The fraction of sp³-hybridized carbons (Fsp3) is 0.182. The van der Waals surface area contributed by atoms with E-state index in [1.165, 1.54) is 0 Å². The Balaban J connectivity index is 2.37. The fourth-order valence-electron chi connectivity index (χ4n) is 1.48. The number of nitrogens with zero attached hydrogens (tertiary/aromatic N) is 2. The van der Waals surface area contributed by atoms with Crippen molar-refractivity contribution in [2.24, 2.45) is 0 Å². The Labute approximate surface area is 91.9 Å². The van der Waals surface area contributed by atoms with Gasteiger partial charge in [-0.05, 0) is 23.3 Å². The normalized spacial score (nSPS) is 14.8. The quantitative estimate of drug-likeness (QED) is 0.736. The molecule has 2 aromatic rings. The van der Waals surface area contributed by atoms with E-state index in [2.05, 4.69) is 11.2 Å². The summed E-state index contributed by atoms with van der Waals surface area (Å²) in [5.41, 5.74) is 0.985. The minimum absolute atomic E-state index is 0.213. The predicted octanol–water partition coefficient (Wildman–Crippen LogP) is 1.61. The zero-order chi connectivity index (χ0) is 10.7. The molecule has 15 heavy (non-hydrogen) atoms. The predicted molar refractivity (Wildman–Crippen MR) is 59.7 cm³/mol. The van der Waals surface area contributed by atoms with Crippen molar-refractivity contribution in [1.29, 1.82) is 0 Å². The van der Waals surface area contributed by atoms with Crippen molar-refractivity contribution < 1.29 is 4.55 Å². The average molecular weight is 219 g/mol. The van der Waals surface area contributed by atoms with Gasteiger partial charge in [-0.1, -0.05) is 24.3 Å². The minimum atomic E-state index is -0.997. The van der Waals surface area contributed by atoms with Gasteiger partial charge in [0.05, 0.1) is 6.26 Å². The van der Waals surface area contributed by atoms with Crippen molar-refractivity contribution in [2.75, 3.05) is 6.26 Å². The molecule has 0 bridgehead atoms. The van der Waals surface area contributed by atoms with Crippen molar-refractivity contribution in [3.05, 3.63) is 54.4 Å². The molecule has 0 amide bonds. The molecule has 0 aliphatic carbocycles. The first kappa shape index (κ1) is 10.3. The van der Waals surface area contributed by atoms with Gasteiger partial charge in [-0.15, -0.1) is 0 Å². The maximum Gasteiger partial charge on any atom is 0.232 e. The summed E-state index contributed by atoms with van der Waals surface area (Å²) >= 11 is -0.997. The molecular formula is C11H11N2OS. The van der Waals surface area contributed by atoms with Gasteiger partial charge < -0.3 is 4.55 Å². The van der Waals surface area contributed by atoms with Crippen molar-refractivity contribution in [2.45, 2.75) is 5.37 Å². The Bertz CT molecular complexity index is 400. The van der Waals surface area contributed by atoms with E-state index in [4.69, 9.17) is 0 Å². The number of rotatable bonds is 3. The third kappa shape index (κ3) is 2.22. The average Bonchev–Trinajstić information content (AvgIpc) is 2.72. The van der Waals surface area contributed by atoms with E-state index in [9.17, 15) is 4.55 Å². The second-order valence-corrected chi connectivity index (χ2v) is 4.61. The Morgan fingerprint density at radius 1 is 1.47 bits per heavy atom. The van der Waals surface area contributed by atoms with E-state index in [0.29, 0.717) is 0 Å². The van der Waals surface area contributed by atoms with Crippen LogP contribution >= 0.6 is 0 Å². The number of hydrogen-bond acceptors (Lipinski definition) is 2. The Morgan fingerprint density at radius 3 is 2.73 bits per heavy atom. The van der Waals surface area contributed by atoms with E-state index in [-0.39, 0.29) is 5.37 Å². The molecule has 1 heterocycles. The summed E-state index contributed by atoms with van der Waals surface area (Å²) < 4.78 is 13.4. The number of aromatic nitrogens is 2. The largest absolute Gasteiger partial charge is 0.615 e. The maximum absolute atomic E-state index is 11.7. The van der Waals surface area contributed by atoms with Gasteiger partial charge in [0.15, 0.2) is 0 Å². The van der Waals surface area contributed by atoms with E-state index >= 15 is 0 Å². The standard InChI is InChI=1S/C11H11N2OS/c1-15(14)11(13-9-5-8-12-13)10-6-3-2-4-7-10/h3-9,11H,1H3. The van der Waals surface area contributed by atoms with Crippen LogP contribution in [0.3, 0.4) is 0 Å². The van der Waals surface area contributed by atoms with Crippen LogP contribution in [0.2, 0.25) is 0 Å². The molecule has 2 unspecified atom stereocenters. The molecule has 0 aliphatic heterocycles. The highest BCUT2D eigenvalue weighted by Crippen LogP contribution is 2.22. The first-order chi connectivity index (χ1) is 7.29. The molecular weight excluding hydrogens is 208 g/mol. The SMILES string of the molecule is C[S+]([O-])C(c1cc[c]cc1)n1cccn1. The maximum atomic E-state index is 11.7. The molecule has 1 aromatic heterocycles. The second-order valence-electron chi connectivity index (χ2n) is 3.17. The van der Waals surface area contributed by atoms with Crippen molar-refractivity contribution in [3.8, 4) is 0 Å². The topological polar surface area (TPSA) is 40.9 Å². The summed E-state index contributed by atoms with van der Waals surface area (Å²) in [5.74, 6) is 0. The third-order valence-electron chi connectivity index (χ3n) is 2.11. The highest BCUT2D eigenvalue weighted by molar-refractivity contribution is 7.90. The first-order valence-electron chi connectivity index (χ1n) is 4.56. The molecule has 1 radical (unpaired) electrons. The zero-order valence-electron chi connectivity index (χ0n) is 8.33. The molecule has 3 nitrogen and oxygen atoms in total. The van der Waals surface area contributed by atoms with Gasteiger partial charge in [0, 0.05) is 18.0 Å². The van der Waals surface area contributed by atoms with Crippen molar-refractivity contribution in [3.63, 3.8) is 0 Å². The molecule has 2 rings (SSSR count). The van der Waals surface area contributed by atoms with Crippen LogP contribution in [0.4, 0.5) is 0 Å². The molecule has 0 saturated carbocycles. The van der Waals surface area contributed by atoms with Crippen LogP contribution in [0.25, 0.3) is 0 Å². The van der Waals surface area contributed by atoms with Crippen LogP contribution in [0.5, 0.6) is 0 Å². The first-order valence-corrected chi connectivity index (χ1v) is 6.18.